The molecule has 0 radical (unpaired) electrons. The summed E-state index contributed by atoms with van der Waals surface area (Å²) >= 11 is 0. The molecule has 1 aromatic rings. The van der Waals surface area contributed by atoms with E-state index in [9.17, 15) is 13.6 Å². The molecule has 1 atom stereocenters. The Balaban J connectivity index is 2.35. The van der Waals surface area contributed by atoms with Gasteiger partial charge in [-0.25, -0.2) is 13.6 Å². The lowest BCUT2D eigenvalue weighted by Gasteiger charge is -2.32. The molecule has 116 valence electrons. The van der Waals surface area contributed by atoms with E-state index in [1.165, 1.54) is 6.07 Å². The van der Waals surface area contributed by atoms with Crippen LogP contribution in [-0.2, 0) is 15.1 Å². The molecule has 21 heavy (non-hydrogen) atoms. The topological polar surface area (TPSA) is 38.3 Å². The third-order valence-corrected chi connectivity index (χ3v) is 4.00. The summed E-state index contributed by atoms with van der Waals surface area (Å²) in [6, 6.07) is 3.41. The molecule has 1 aromatic carbocycles. The summed E-state index contributed by atoms with van der Waals surface area (Å²) in [7, 11) is 0. The first-order valence-electron chi connectivity index (χ1n) is 7.38. The molecule has 2 rings (SSSR count). The quantitative estimate of drug-likeness (QED) is 0.848. The second-order valence-corrected chi connectivity index (χ2v) is 5.60. The van der Waals surface area contributed by atoms with E-state index in [1.807, 2.05) is 0 Å². The lowest BCUT2D eigenvalue weighted by atomic mass is 9.90. The van der Waals surface area contributed by atoms with Gasteiger partial charge in [-0.3, -0.25) is 5.32 Å². The summed E-state index contributed by atoms with van der Waals surface area (Å²) in [6.07, 6.45) is 4.06. The molecule has 0 aliphatic heterocycles. The maximum absolute atomic E-state index is 14.1. The number of hydrogen-bond donors (Lipinski definition) is 1. The minimum absolute atomic E-state index is 0.120. The summed E-state index contributed by atoms with van der Waals surface area (Å²) < 4.78 is 32.3. The molecular weight excluding hydrogens is 276 g/mol. The Morgan fingerprint density at radius 2 is 2.05 bits per heavy atom. The number of hydrogen-bond acceptors (Lipinski definition) is 3. The maximum atomic E-state index is 14.1. The van der Waals surface area contributed by atoms with E-state index in [0.29, 0.717) is 0 Å². The molecule has 0 heterocycles. The average molecular weight is 297 g/mol. The van der Waals surface area contributed by atoms with Crippen LogP contribution in [0.5, 0.6) is 0 Å². The Morgan fingerprint density at radius 3 is 2.62 bits per heavy atom. The van der Waals surface area contributed by atoms with E-state index >= 15 is 0 Å². The van der Waals surface area contributed by atoms with Crippen LogP contribution in [0.25, 0.3) is 0 Å². The van der Waals surface area contributed by atoms with E-state index < -0.39 is 23.1 Å². The molecular formula is C16H21F2NO2. The normalized spacial score (nSPS) is 18.5. The van der Waals surface area contributed by atoms with Crippen LogP contribution >= 0.6 is 0 Å². The first-order chi connectivity index (χ1) is 9.97. The van der Waals surface area contributed by atoms with Gasteiger partial charge in [0.1, 0.15) is 17.2 Å². The molecule has 0 bridgehead atoms. The van der Waals surface area contributed by atoms with Crippen LogP contribution < -0.4 is 5.32 Å². The predicted molar refractivity (Wildman–Crippen MR) is 75.7 cm³/mol. The van der Waals surface area contributed by atoms with Crippen molar-refractivity contribution in [3.8, 4) is 0 Å². The zero-order valence-electron chi connectivity index (χ0n) is 12.4. The Kier molecular flexibility index (Phi) is 4.93. The van der Waals surface area contributed by atoms with Gasteiger partial charge >= 0.3 is 5.97 Å². The van der Waals surface area contributed by atoms with Crippen molar-refractivity contribution in [3.05, 3.63) is 35.4 Å². The number of carbonyl (C=O) groups excluding carboxylic acids is 1. The molecule has 0 aromatic heterocycles. The lowest BCUT2D eigenvalue weighted by molar-refractivity contribution is -0.151. The third kappa shape index (κ3) is 3.40. The van der Waals surface area contributed by atoms with Gasteiger partial charge in [0, 0.05) is 17.7 Å². The smallest absolute Gasteiger partial charge is 0.330 e. The van der Waals surface area contributed by atoms with Crippen LogP contribution in [0, 0.1) is 11.6 Å². The molecule has 3 nitrogen and oxygen atoms in total. The number of benzene rings is 1. The van der Waals surface area contributed by atoms with Crippen molar-refractivity contribution >= 4 is 5.97 Å². The van der Waals surface area contributed by atoms with Gasteiger partial charge in [-0.1, -0.05) is 18.9 Å². The zero-order chi connectivity index (χ0) is 15.5. The number of ether oxygens (including phenoxy) is 1. The SMILES string of the molecule is CCOC(=O)C(C)(NC1CCCC1)c1ccc(F)cc1F. The first-order valence-corrected chi connectivity index (χ1v) is 7.38. The van der Waals surface area contributed by atoms with Gasteiger partial charge in [0.15, 0.2) is 0 Å². The molecule has 1 aliphatic rings. The molecule has 0 amide bonds. The first kappa shape index (κ1) is 15.9. The van der Waals surface area contributed by atoms with Crippen LogP contribution in [0.15, 0.2) is 18.2 Å². The van der Waals surface area contributed by atoms with Crippen LogP contribution in [0.1, 0.15) is 45.1 Å². The number of rotatable bonds is 5. The van der Waals surface area contributed by atoms with E-state index in [1.54, 1.807) is 13.8 Å². The fourth-order valence-corrected chi connectivity index (χ4v) is 2.90. The molecule has 1 aliphatic carbocycles. The predicted octanol–water partition coefficient (Wildman–Crippen LogP) is 3.28. The van der Waals surface area contributed by atoms with Crippen molar-refractivity contribution in [1.82, 2.24) is 5.32 Å². The van der Waals surface area contributed by atoms with Gasteiger partial charge in [-0.05, 0) is 32.8 Å². The molecule has 1 unspecified atom stereocenters. The summed E-state index contributed by atoms with van der Waals surface area (Å²) in [5.41, 5.74) is -1.18. The molecule has 0 spiro atoms. The van der Waals surface area contributed by atoms with Gasteiger partial charge in [-0.15, -0.1) is 0 Å². The second kappa shape index (κ2) is 6.52. The van der Waals surface area contributed by atoms with Crippen molar-refractivity contribution in [2.75, 3.05) is 6.61 Å². The van der Waals surface area contributed by atoms with Crippen molar-refractivity contribution in [2.24, 2.45) is 0 Å². The highest BCUT2D eigenvalue weighted by Crippen LogP contribution is 2.29. The van der Waals surface area contributed by atoms with Crippen LogP contribution in [0.4, 0.5) is 8.78 Å². The fraction of sp³-hybridized carbons (Fsp3) is 0.562. The number of halogens is 2. The number of carbonyl (C=O) groups is 1. The third-order valence-electron chi connectivity index (χ3n) is 4.00. The summed E-state index contributed by atoms with van der Waals surface area (Å²) in [5, 5.41) is 3.22. The number of nitrogens with one attached hydrogen (secondary N) is 1. The standard InChI is InChI=1S/C16H21F2NO2/c1-3-21-15(20)16(2,19-12-6-4-5-7-12)13-9-8-11(17)10-14(13)18/h8-10,12,19H,3-7H2,1-2H3. The maximum Gasteiger partial charge on any atom is 0.330 e. The van der Waals surface area contributed by atoms with Gasteiger partial charge in [0.2, 0.25) is 0 Å². The molecule has 1 fully saturated rings. The van der Waals surface area contributed by atoms with Crippen molar-refractivity contribution in [1.29, 1.82) is 0 Å². The monoisotopic (exact) mass is 297 g/mol. The summed E-state index contributed by atoms with van der Waals surface area (Å²) in [6.45, 7) is 3.51. The summed E-state index contributed by atoms with van der Waals surface area (Å²) in [5.74, 6) is -1.94. The highest BCUT2D eigenvalue weighted by Gasteiger charge is 2.41. The lowest BCUT2D eigenvalue weighted by Crippen LogP contribution is -2.52. The van der Waals surface area contributed by atoms with E-state index in [-0.39, 0.29) is 18.2 Å². The van der Waals surface area contributed by atoms with Gasteiger partial charge < -0.3 is 4.74 Å². The van der Waals surface area contributed by atoms with Crippen LogP contribution in [0.3, 0.4) is 0 Å². The summed E-state index contributed by atoms with van der Waals surface area (Å²) in [4.78, 5) is 12.3. The molecule has 0 saturated heterocycles. The van der Waals surface area contributed by atoms with Crippen LogP contribution in [-0.4, -0.2) is 18.6 Å². The fourth-order valence-electron chi connectivity index (χ4n) is 2.90. The van der Waals surface area contributed by atoms with Crippen molar-refractivity contribution in [3.63, 3.8) is 0 Å². The average Bonchev–Trinajstić information content (AvgIpc) is 2.91. The highest BCUT2D eigenvalue weighted by atomic mass is 19.1. The van der Waals surface area contributed by atoms with E-state index in [2.05, 4.69) is 5.32 Å². The molecule has 1 saturated carbocycles. The van der Waals surface area contributed by atoms with Gasteiger partial charge in [-0.2, -0.15) is 0 Å². The van der Waals surface area contributed by atoms with Crippen molar-refractivity contribution < 1.29 is 18.3 Å². The molecule has 5 heteroatoms. The number of esters is 1. The zero-order valence-corrected chi connectivity index (χ0v) is 12.4. The minimum Gasteiger partial charge on any atom is -0.464 e. The van der Waals surface area contributed by atoms with Crippen molar-refractivity contribution in [2.45, 2.75) is 51.1 Å². The minimum atomic E-state index is -1.30. The molecule has 1 N–H and O–H groups in total. The van der Waals surface area contributed by atoms with Gasteiger partial charge in [0.25, 0.3) is 0 Å². The Hall–Kier alpha value is -1.49. The van der Waals surface area contributed by atoms with E-state index in [4.69, 9.17) is 4.74 Å². The van der Waals surface area contributed by atoms with Crippen LogP contribution in [0.2, 0.25) is 0 Å². The second-order valence-electron chi connectivity index (χ2n) is 5.60. The largest absolute Gasteiger partial charge is 0.464 e. The van der Waals surface area contributed by atoms with Gasteiger partial charge in [0.05, 0.1) is 6.61 Å². The Morgan fingerprint density at radius 1 is 1.38 bits per heavy atom. The highest BCUT2D eigenvalue weighted by molar-refractivity contribution is 5.82. The Labute approximate surface area is 123 Å². The Bertz CT molecular complexity index is 515. The van der Waals surface area contributed by atoms with E-state index in [0.717, 1.165) is 37.8 Å².